The van der Waals surface area contributed by atoms with Crippen molar-refractivity contribution < 1.29 is 9.90 Å². The van der Waals surface area contributed by atoms with Crippen LogP contribution in [0.5, 0.6) is 5.75 Å². The van der Waals surface area contributed by atoms with Gasteiger partial charge in [0.25, 0.3) is 5.91 Å². The van der Waals surface area contributed by atoms with Crippen LogP contribution >= 0.6 is 0 Å². The number of amides is 1. The van der Waals surface area contributed by atoms with Gasteiger partial charge in [-0.05, 0) is 43.3 Å². The first-order valence-electron chi connectivity index (χ1n) is 6.11. The van der Waals surface area contributed by atoms with Crippen LogP contribution in [0.1, 0.15) is 21.5 Å². The molecule has 1 amide bonds. The van der Waals surface area contributed by atoms with E-state index in [9.17, 15) is 9.90 Å². The molecule has 20 heavy (non-hydrogen) atoms. The van der Waals surface area contributed by atoms with Crippen LogP contribution < -0.4 is 4.90 Å². The third-order valence-corrected chi connectivity index (χ3v) is 3.22. The minimum Gasteiger partial charge on any atom is -0.508 e. The lowest BCUT2D eigenvalue weighted by molar-refractivity contribution is 0.0992. The number of nitriles is 1. The average Bonchev–Trinajstić information content (AvgIpc) is 2.48. The molecule has 4 heteroatoms. The number of aromatic hydroxyl groups is 1. The molecule has 2 rings (SSSR count). The molecule has 0 saturated carbocycles. The van der Waals surface area contributed by atoms with Gasteiger partial charge in [-0.3, -0.25) is 4.79 Å². The van der Waals surface area contributed by atoms with Crippen LogP contribution in [-0.4, -0.2) is 18.1 Å². The van der Waals surface area contributed by atoms with E-state index in [1.165, 1.54) is 4.90 Å². The maximum absolute atomic E-state index is 12.4. The summed E-state index contributed by atoms with van der Waals surface area (Å²) in [7, 11) is 1.66. The zero-order chi connectivity index (χ0) is 14.7. The highest BCUT2D eigenvalue weighted by molar-refractivity contribution is 6.07. The molecule has 0 aliphatic carbocycles. The van der Waals surface area contributed by atoms with Crippen molar-refractivity contribution in [1.82, 2.24) is 0 Å². The largest absolute Gasteiger partial charge is 0.508 e. The van der Waals surface area contributed by atoms with Crippen LogP contribution in [0.3, 0.4) is 0 Å². The fourth-order valence-electron chi connectivity index (χ4n) is 1.91. The number of benzene rings is 2. The number of nitrogens with zero attached hydrogens (tertiary/aromatic N) is 2. The fraction of sp³-hybridized carbons (Fsp3) is 0.125. The van der Waals surface area contributed by atoms with Gasteiger partial charge in [-0.1, -0.05) is 6.07 Å². The SMILES string of the molecule is Cc1c(O)cccc1C(=O)N(C)c1ccc(C#N)cc1. The van der Waals surface area contributed by atoms with E-state index in [0.29, 0.717) is 22.4 Å². The molecule has 100 valence electrons. The van der Waals surface area contributed by atoms with Crippen LogP contribution in [0.4, 0.5) is 5.69 Å². The minimum atomic E-state index is -0.205. The molecule has 0 spiro atoms. The monoisotopic (exact) mass is 266 g/mol. The third-order valence-electron chi connectivity index (χ3n) is 3.22. The summed E-state index contributed by atoms with van der Waals surface area (Å²) in [5.74, 6) is -0.104. The van der Waals surface area contributed by atoms with Gasteiger partial charge in [0, 0.05) is 23.9 Å². The topological polar surface area (TPSA) is 64.3 Å². The Morgan fingerprint density at radius 3 is 2.45 bits per heavy atom. The van der Waals surface area contributed by atoms with E-state index in [-0.39, 0.29) is 11.7 Å². The smallest absolute Gasteiger partial charge is 0.258 e. The number of hydrogen-bond acceptors (Lipinski definition) is 3. The number of phenolic OH excluding ortho intramolecular Hbond substituents is 1. The quantitative estimate of drug-likeness (QED) is 0.909. The van der Waals surface area contributed by atoms with Gasteiger partial charge in [-0.25, -0.2) is 0 Å². The van der Waals surface area contributed by atoms with Crippen LogP contribution in [-0.2, 0) is 0 Å². The number of hydrogen-bond donors (Lipinski definition) is 1. The highest BCUT2D eigenvalue weighted by atomic mass is 16.3. The predicted octanol–water partition coefficient (Wildman–Crippen LogP) is 2.85. The van der Waals surface area contributed by atoms with Gasteiger partial charge in [-0.2, -0.15) is 5.26 Å². The summed E-state index contributed by atoms with van der Waals surface area (Å²) in [5, 5.41) is 18.4. The van der Waals surface area contributed by atoms with Gasteiger partial charge in [-0.15, -0.1) is 0 Å². The van der Waals surface area contributed by atoms with Crippen molar-refractivity contribution in [2.45, 2.75) is 6.92 Å². The van der Waals surface area contributed by atoms with Crippen molar-refractivity contribution in [2.75, 3.05) is 11.9 Å². The van der Waals surface area contributed by atoms with E-state index in [2.05, 4.69) is 0 Å². The molecule has 0 heterocycles. The lowest BCUT2D eigenvalue weighted by atomic mass is 10.1. The van der Waals surface area contributed by atoms with Crippen molar-refractivity contribution in [3.63, 3.8) is 0 Å². The Balaban J connectivity index is 2.32. The Morgan fingerprint density at radius 2 is 1.85 bits per heavy atom. The lowest BCUT2D eigenvalue weighted by Crippen LogP contribution is -2.26. The highest BCUT2D eigenvalue weighted by Crippen LogP contribution is 2.23. The van der Waals surface area contributed by atoms with E-state index < -0.39 is 0 Å². The summed E-state index contributed by atoms with van der Waals surface area (Å²) >= 11 is 0. The van der Waals surface area contributed by atoms with E-state index in [0.717, 1.165) is 0 Å². The molecule has 4 nitrogen and oxygen atoms in total. The summed E-state index contributed by atoms with van der Waals surface area (Å²) in [6, 6.07) is 13.7. The van der Waals surface area contributed by atoms with Crippen LogP contribution in [0, 0.1) is 18.3 Å². The molecule has 0 saturated heterocycles. The molecule has 1 N–H and O–H groups in total. The van der Waals surface area contributed by atoms with Crippen molar-refractivity contribution >= 4 is 11.6 Å². The number of carbonyl (C=O) groups is 1. The van der Waals surface area contributed by atoms with E-state index in [4.69, 9.17) is 5.26 Å². The summed E-state index contributed by atoms with van der Waals surface area (Å²) in [4.78, 5) is 13.9. The zero-order valence-corrected chi connectivity index (χ0v) is 11.3. The van der Waals surface area contributed by atoms with Crippen molar-refractivity contribution in [2.24, 2.45) is 0 Å². The Bertz CT molecular complexity index is 685. The number of anilines is 1. The molecule has 0 unspecified atom stereocenters. The number of carbonyl (C=O) groups excluding carboxylic acids is 1. The first-order chi connectivity index (χ1) is 9.54. The Morgan fingerprint density at radius 1 is 1.20 bits per heavy atom. The predicted molar refractivity (Wildman–Crippen MR) is 76.7 cm³/mol. The van der Waals surface area contributed by atoms with E-state index >= 15 is 0 Å². The van der Waals surface area contributed by atoms with Crippen LogP contribution in [0.15, 0.2) is 42.5 Å². The van der Waals surface area contributed by atoms with Crippen molar-refractivity contribution in [3.05, 3.63) is 59.2 Å². The molecule has 0 fully saturated rings. The highest BCUT2D eigenvalue weighted by Gasteiger charge is 2.16. The molecule has 0 atom stereocenters. The molecule has 2 aromatic carbocycles. The Kier molecular flexibility index (Phi) is 3.72. The molecular weight excluding hydrogens is 252 g/mol. The molecule has 2 aromatic rings. The second-order valence-electron chi connectivity index (χ2n) is 4.47. The van der Waals surface area contributed by atoms with Gasteiger partial charge in [0.15, 0.2) is 0 Å². The molecule has 0 aromatic heterocycles. The maximum atomic E-state index is 12.4. The third kappa shape index (κ3) is 2.47. The summed E-state index contributed by atoms with van der Waals surface area (Å²) in [6.07, 6.45) is 0. The Hall–Kier alpha value is -2.80. The summed E-state index contributed by atoms with van der Waals surface area (Å²) in [5.41, 5.74) is 2.25. The van der Waals surface area contributed by atoms with Gasteiger partial charge >= 0.3 is 0 Å². The van der Waals surface area contributed by atoms with E-state index in [1.54, 1.807) is 56.4 Å². The molecule has 0 aliphatic rings. The van der Waals surface area contributed by atoms with E-state index in [1.807, 2.05) is 6.07 Å². The van der Waals surface area contributed by atoms with Crippen molar-refractivity contribution in [3.8, 4) is 11.8 Å². The number of phenols is 1. The van der Waals surface area contributed by atoms with Gasteiger partial charge in [0.2, 0.25) is 0 Å². The van der Waals surface area contributed by atoms with Crippen molar-refractivity contribution in [1.29, 1.82) is 5.26 Å². The lowest BCUT2D eigenvalue weighted by Gasteiger charge is -2.18. The normalized spacial score (nSPS) is 9.85. The standard InChI is InChI=1S/C16H14N2O2/c1-11-14(4-3-5-15(11)19)16(20)18(2)13-8-6-12(10-17)7-9-13/h3-9,19H,1-2H3. The van der Waals surface area contributed by atoms with Gasteiger partial charge in [0.05, 0.1) is 11.6 Å². The molecule has 0 aliphatic heterocycles. The maximum Gasteiger partial charge on any atom is 0.258 e. The second-order valence-corrected chi connectivity index (χ2v) is 4.47. The van der Waals surface area contributed by atoms with Gasteiger partial charge < -0.3 is 10.0 Å². The van der Waals surface area contributed by atoms with Crippen LogP contribution in [0.25, 0.3) is 0 Å². The summed E-state index contributed by atoms with van der Waals surface area (Å²) < 4.78 is 0. The summed E-state index contributed by atoms with van der Waals surface area (Å²) in [6.45, 7) is 1.70. The molecule has 0 bridgehead atoms. The average molecular weight is 266 g/mol. The molecule has 0 radical (unpaired) electrons. The zero-order valence-electron chi connectivity index (χ0n) is 11.3. The number of rotatable bonds is 2. The Labute approximate surface area is 117 Å². The minimum absolute atomic E-state index is 0.101. The second kappa shape index (κ2) is 5.45. The molecular formula is C16H14N2O2. The van der Waals surface area contributed by atoms with Gasteiger partial charge in [0.1, 0.15) is 5.75 Å². The first kappa shape index (κ1) is 13.6. The van der Waals surface area contributed by atoms with Crippen LogP contribution in [0.2, 0.25) is 0 Å². The first-order valence-corrected chi connectivity index (χ1v) is 6.11. The fourth-order valence-corrected chi connectivity index (χ4v) is 1.91.